The summed E-state index contributed by atoms with van der Waals surface area (Å²) in [6.07, 6.45) is -3.84. The highest BCUT2D eigenvalue weighted by Gasteiger charge is 2.33. The molecule has 0 bridgehead atoms. The van der Waals surface area contributed by atoms with Crippen molar-refractivity contribution in [2.75, 3.05) is 6.61 Å². The van der Waals surface area contributed by atoms with Crippen molar-refractivity contribution < 1.29 is 22.3 Å². The summed E-state index contributed by atoms with van der Waals surface area (Å²) >= 11 is 6.05. The Labute approximate surface area is 89.5 Å². The minimum atomic E-state index is -4.50. The molecule has 0 fully saturated rings. The summed E-state index contributed by atoms with van der Waals surface area (Å²) in [6.45, 7) is 1.96. The molecule has 2 unspecified atom stereocenters. The van der Waals surface area contributed by atoms with Crippen LogP contribution in [0.25, 0.3) is 0 Å². The van der Waals surface area contributed by atoms with E-state index in [4.69, 9.17) is 11.2 Å². The molecule has 0 aliphatic heterocycles. The second kappa shape index (κ2) is 5.64. The third kappa shape index (κ3) is 7.97. The van der Waals surface area contributed by atoms with E-state index < -0.39 is 18.7 Å². The SMILES string of the molecule is CCC(C)SP(=O)(Cl)OCC(F)(F)F. The monoisotopic (exact) mass is 270 g/mol. The van der Waals surface area contributed by atoms with E-state index in [9.17, 15) is 17.7 Å². The molecule has 2 atom stereocenters. The average molecular weight is 271 g/mol. The summed E-state index contributed by atoms with van der Waals surface area (Å²) in [7, 11) is 0. The number of alkyl halides is 3. The van der Waals surface area contributed by atoms with E-state index in [1.807, 2.05) is 6.92 Å². The quantitative estimate of drug-likeness (QED) is 0.691. The van der Waals surface area contributed by atoms with Gasteiger partial charge < -0.3 is 4.52 Å². The fourth-order valence-electron chi connectivity index (χ4n) is 0.470. The van der Waals surface area contributed by atoms with Crippen LogP contribution in [0.3, 0.4) is 0 Å². The minimum Gasteiger partial charge on any atom is -0.300 e. The smallest absolute Gasteiger partial charge is 0.300 e. The van der Waals surface area contributed by atoms with Gasteiger partial charge in [-0.1, -0.05) is 25.2 Å². The predicted molar refractivity (Wildman–Crippen MR) is 52.8 cm³/mol. The number of hydrogen-bond acceptors (Lipinski definition) is 3. The minimum absolute atomic E-state index is 0.0911. The van der Waals surface area contributed by atoms with Crippen molar-refractivity contribution in [3.63, 3.8) is 0 Å². The maximum absolute atomic E-state index is 11.7. The zero-order valence-electron chi connectivity index (χ0n) is 7.68. The topological polar surface area (TPSA) is 26.3 Å². The van der Waals surface area contributed by atoms with Crippen molar-refractivity contribution in [1.29, 1.82) is 0 Å². The van der Waals surface area contributed by atoms with Crippen molar-refractivity contribution in [3.8, 4) is 0 Å². The summed E-state index contributed by atoms with van der Waals surface area (Å²) in [5.74, 6) is -3.69. The van der Waals surface area contributed by atoms with Gasteiger partial charge in [-0.3, -0.25) is 4.57 Å². The van der Waals surface area contributed by atoms with E-state index in [1.54, 1.807) is 6.92 Å². The molecule has 0 rings (SSSR count). The molecule has 0 amide bonds. The lowest BCUT2D eigenvalue weighted by Crippen LogP contribution is -2.15. The molecule has 2 nitrogen and oxygen atoms in total. The van der Waals surface area contributed by atoms with Gasteiger partial charge in [0.2, 0.25) is 0 Å². The molecular formula is C6H11ClF3O2PS. The van der Waals surface area contributed by atoms with Gasteiger partial charge >= 0.3 is 12.1 Å². The van der Waals surface area contributed by atoms with E-state index in [2.05, 4.69) is 4.52 Å². The Morgan fingerprint density at radius 1 is 1.57 bits per heavy atom. The van der Waals surface area contributed by atoms with E-state index >= 15 is 0 Å². The molecule has 0 aromatic heterocycles. The molecule has 14 heavy (non-hydrogen) atoms. The molecule has 0 N–H and O–H groups in total. The van der Waals surface area contributed by atoms with Gasteiger partial charge in [-0.25, -0.2) is 0 Å². The molecule has 0 aromatic rings. The first-order chi connectivity index (χ1) is 6.16. The van der Waals surface area contributed by atoms with Crippen LogP contribution >= 0.6 is 28.5 Å². The van der Waals surface area contributed by atoms with Crippen LogP contribution in [0.1, 0.15) is 20.3 Å². The van der Waals surface area contributed by atoms with Crippen LogP contribution in [0, 0.1) is 0 Å². The molecule has 0 spiro atoms. The molecule has 0 radical (unpaired) electrons. The molecule has 86 valence electrons. The molecular weight excluding hydrogens is 260 g/mol. The first-order valence-electron chi connectivity index (χ1n) is 3.85. The highest BCUT2D eigenvalue weighted by atomic mass is 35.7. The summed E-state index contributed by atoms with van der Waals surface area (Å²) < 4.78 is 50.4. The Balaban J connectivity index is 4.02. The zero-order chi connectivity index (χ0) is 11.4. The second-order valence-corrected chi connectivity index (χ2v) is 8.79. The third-order valence-corrected chi connectivity index (χ3v) is 5.81. The van der Waals surface area contributed by atoms with E-state index in [0.717, 1.165) is 11.4 Å². The number of rotatable bonds is 5. The second-order valence-electron chi connectivity index (χ2n) is 2.64. The fraction of sp³-hybridized carbons (Fsp3) is 1.00. The van der Waals surface area contributed by atoms with Crippen LogP contribution in [-0.2, 0) is 9.09 Å². The molecule has 0 saturated carbocycles. The average Bonchev–Trinajstić information content (AvgIpc) is 1.99. The Hall–Kier alpha value is 0.620. The molecule has 0 saturated heterocycles. The first-order valence-corrected chi connectivity index (χ1v) is 7.87. The lowest BCUT2D eigenvalue weighted by atomic mass is 10.4. The lowest BCUT2D eigenvalue weighted by molar-refractivity contribution is -0.152. The molecule has 0 aliphatic rings. The van der Waals surface area contributed by atoms with Crippen molar-refractivity contribution >= 4 is 28.5 Å². The molecule has 8 heteroatoms. The third-order valence-electron chi connectivity index (χ3n) is 1.26. The maximum atomic E-state index is 11.7. The van der Waals surface area contributed by atoms with Crippen LogP contribution in [0.15, 0.2) is 0 Å². The summed E-state index contributed by atoms with van der Waals surface area (Å²) in [6, 6.07) is 0. The molecule has 0 heterocycles. The molecule has 0 aliphatic carbocycles. The van der Waals surface area contributed by atoms with E-state index in [-0.39, 0.29) is 5.25 Å². The lowest BCUT2D eigenvalue weighted by Gasteiger charge is -2.15. The Bertz CT molecular complexity index is 224. The number of hydrogen-bond donors (Lipinski definition) is 0. The van der Waals surface area contributed by atoms with Crippen LogP contribution in [0.4, 0.5) is 13.2 Å². The standard InChI is InChI=1S/C6H11ClF3O2PS/c1-3-5(2)14-13(7,11)12-4-6(8,9)10/h5H,3-4H2,1-2H3. The van der Waals surface area contributed by atoms with Gasteiger partial charge in [-0.2, -0.15) is 13.2 Å². The van der Waals surface area contributed by atoms with Gasteiger partial charge in [-0.05, 0) is 17.7 Å². The van der Waals surface area contributed by atoms with Gasteiger partial charge in [0, 0.05) is 5.25 Å². The fourth-order valence-corrected chi connectivity index (χ4v) is 4.86. The Morgan fingerprint density at radius 3 is 2.43 bits per heavy atom. The van der Waals surface area contributed by atoms with Crippen molar-refractivity contribution in [2.45, 2.75) is 31.7 Å². The van der Waals surface area contributed by atoms with Gasteiger partial charge in [0.05, 0.1) is 0 Å². The van der Waals surface area contributed by atoms with Crippen LogP contribution < -0.4 is 0 Å². The van der Waals surface area contributed by atoms with Crippen molar-refractivity contribution in [2.24, 2.45) is 0 Å². The van der Waals surface area contributed by atoms with Crippen LogP contribution in [-0.4, -0.2) is 18.0 Å². The summed E-state index contributed by atoms with van der Waals surface area (Å²) in [4.78, 5) is 0. The van der Waals surface area contributed by atoms with Crippen molar-refractivity contribution in [1.82, 2.24) is 0 Å². The Morgan fingerprint density at radius 2 is 2.07 bits per heavy atom. The Kier molecular flexibility index (Phi) is 5.88. The maximum Gasteiger partial charge on any atom is 0.412 e. The van der Waals surface area contributed by atoms with Crippen LogP contribution in [0.5, 0.6) is 0 Å². The predicted octanol–water partition coefficient (Wildman–Crippen LogP) is 4.44. The normalized spacial score (nSPS) is 19.0. The first kappa shape index (κ1) is 14.6. The zero-order valence-corrected chi connectivity index (χ0v) is 10.1. The summed E-state index contributed by atoms with van der Waals surface area (Å²) in [5, 5.41) is -0.0911. The van der Waals surface area contributed by atoms with E-state index in [1.165, 1.54) is 0 Å². The highest BCUT2D eigenvalue weighted by Crippen LogP contribution is 2.66. The van der Waals surface area contributed by atoms with Gasteiger partial charge in [0.15, 0.2) is 6.61 Å². The van der Waals surface area contributed by atoms with Crippen LogP contribution in [0.2, 0.25) is 0 Å². The molecule has 0 aromatic carbocycles. The van der Waals surface area contributed by atoms with Crippen molar-refractivity contribution in [3.05, 3.63) is 0 Å². The largest absolute Gasteiger partial charge is 0.412 e. The number of halogens is 4. The van der Waals surface area contributed by atoms with E-state index in [0.29, 0.717) is 6.42 Å². The van der Waals surface area contributed by atoms with Gasteiger partial charge in [0.25, 0.3) is 0 Å². The van der Waals surface area contributed by atoms with Gasteiger partial charge in [-0.15, -0.1) is 0 Å². The highest BCUT2D eigenvalue weighted by molar-refractivity contribution is 8.64. The summed E-state index contributed by atoms with van der Waals surface area (Å²) in [5.41, 5.74) is 0. The van der Waals surface area contributed by atoms with Gasteiger partial charge in [0.1, 0.15) is 0 Å².